The van der Waals surface area contributed by atoms with Gasteiger partial charge < -0.3 is 10.7 Å². The summed E-state index contributed by atoms with van der Waals surface area (Å²) in [6.45, 7) is 6.32. The number of hydrogen-bond acceptors (Lipinski definition) is 1. The molecule has 1 aromatic heterocycles. The summed E-state index contributed by atoms with van der Waals surface area (Å²) in [6, 6.07) is 4.65. The first-order valence-electron chi connectivity index (χ1n) is 5.40. The van der Waals surface area contributed by atoms with Crippen LogP contribution >= 0.6 is 0 Å². The molecular weight excluding hydrogens is 184 g/mol. The predicted octanol–water partition coefficient (Wildman–Crippen LogP) is 2.67. The Balaban J connectivity index is 2.58. The lowest BCUT2D eigenvalue weighted by Gasteiger charge is -2.04. The molecule has 0 aliphatic carbocycles. The quantitative estimate of drug-likeness (QED) is 0.772. The fourth-order valence-corrected chi connectivity index (χ4v) is 2.17. The molecule has 1 aromatic carbocycles. The molecule has 0 saturated heterocycles. The van der Waals surface area contributed by atoms with Gasteiger partial charge in [-0.3, -0.25) is 0 Å². The lowest BCUT2D eigenvalue weighted by Crippen LogP contribution is -2.17. The highest BCUT2D eigenvalue weighted by Crippen LogP contribution is 2.23. The molecule has 0 amide bonds. The Morgan fingerprint density at radius 1 is 1.33 bits per heavy atom. The summed E-state index contributed by atoms with van der Waals surface area (Å²) in [4.78, 5) is 3.33. The lowest BCUT2D eigenvalue weighted by atomic mass is 10.0. The minimum atomic E-state index is 0.213. The number of aromatic amines is 1. The van der Waals surface area contributed by atoms with Crippen LogP contribution in [0.1, 0.15) is 23.6 Å². The molecule has 2 heteroatoms. The van der Waals surface area contributed by atoms with Crippen molar-refractivity contribution in [2.45, 2.75) is 33.2 Å². The number of nitrogens with two attached hydrogens (primary N) is 1. The number of aromatic nitrogens is 1. The van der Waals surface area contributed by atoms with Gasteiger partial charge in [-0.1, -0.05) is 11.6 Å². The number of nitrogens with one attached hydrogen (secondary N) is 1. The molecule has 15 heavy (non-hydrogen) atoms. The number of rotatable bonds is 2. The second kappa shape index (κ2) is 3.70. The third kappa shape index (κ3) is 1.90. The van der Waals surface area contributed by atoms with E-state index in [-0.39, 0.29) is 6.04 Å². The van der Waals surface area contributed by atoms with E-state index in [2.05, 4.69) is 37.2 Å². The molecule has 0 aliphatic heterocycles. The van der Waals surface area contributed by atoms with Gasteiger partial charge in [-0.25, -0.2) is 0 Å². The predicted molar refractivity (Wildman–Crippen MR) is 65.1 cm³/mol. The monoisotopic (exact) mass is 202 g/mol. The van der Waals surface area contributed by atoms with Crippen molar-refractivity contribution < 1.29 is 0 Å². The molecule has 0 bridgehead atoms. The molecule has 1 atom stereocenters. The van der Waals surface area contributed by atoms with Gasteiger partial charge in [0.25, 0.3) is 0 Å². The largest absolute Gasteiger partial charge is 0.361 e. The van der Waals surface area contributed by atoms with Crippen LogP contribution in [0.5, 0.6) is 0 Å². The highest BCUT2D eigenvalue weighted by atomic mass is 14.7. The van der Waals surface area contributed by atoms with Crippen LogP contribution < -0.4 is 5.73 Å². The second-order valence-electron chi connectivity index (χ2n) is 4.50. The first-order chi connectivity index (χ1) is 7.08. The third-order valence-corrected chi connectivity index (χ3v) is 2.76. The van der Waals surface area contributed by atoms with Crippen molar-refractivity contribution in [2.24, 2.45) is 5.73 Å². The van der Waals surface area contributed by atoms with Crippen LogP contribution in [0.4, 0.5) is 0 Å². The summed E-state index contributed by atoms with van der Waals surface area (Å²) in [5.41, 5.74) is 11.0. The molecular formula is C13H18N2. The van der Waals surface area contributed by atoms with E-state index in [4.69, 9.17) is 5.73 Å². The summed E-state index contributed by atoms with van der Waals surface area (Å²) < 4.78 is 0. The fraction of sp³-hybridized carbons (Fsp3) is 0.385. The molecule has 0 radical (unpaired) electrons. The molecule has 1 unspecified atom stereocenters. The molecule has 0 spiro atoms. The molecule has 1 heterocycles. The highest BCUT2D eigenvalue weighted by molar-refractivity contribution is 5.86. The zero-order valence-electron chi connectivity index (χ0n) is 9.59. The zero-order valence-corrected chi connectivity index (χ0v) is 9.59. The summed E-state index contributed by atoms with van der Waals surface area (Å²) >= 11 is 0. The second-order valence-corrected chi connectivity index (χ2v) is 4.50. The van der Waals surface area contributed by atoms with Crippen LogP contribution in [0.2, 0.25) is 0 Å². The topological polar surface area (TPSA) is 41.8 Å². The van der Waals surface area contributed by atoms with Gasteiger partial charge in [-0.2, -0.15) is 0 Å². The van der Waals surface area contributed by atoms with E-state index in [1.54, 1.807) is 0 Å². The lowest BCUT2D eigenvalue weighted by molar-refractivity contribution is 0.741. The van der Waals surface area contributed by atoms with Crippen molar-refractivity contribution in [3.63, 3.8) is 0 Å². The van der Waals surface area contributed by atoms with Gasteiger partial charge >= 0.3 is 0 Å². The van der Waals surface area contributed by atoms with Gasteiger partial charge in [0.1, 0.15) is 0 Å². The summed E-state index contributed by atoms with van der Waals surface area (Å²) in [7, 11) is 0. The van der Waals surface area contributed by atoms with Crippen LogP contribution in [0.15, 0.2) is 18.3 Å². The SMILES string of the molecule is Cc1cc(C)c2[nH]cc(CC(C)N)c2c1. The van der Waals surface area contributed by atoms with E-state index >= 15 is 0 Å². The van der Waals surface area contributed by atoms with Gasteiger partial charge in [0, 0.05) is 23.1 Å². The van der Waals surface area contributed by atoms with Crippen molar-refractivity contribution in [1.82, 2.24) is 4.98 Å². The van der Waals surface area contributed by atoms with E-state index in [0.29, 0.717) is 0 Å². The maximum absolute atomic E-state index is 5.84. The van der Waals surface area contributed by atoms with Gasteiger partial charge in [0.15, 0.2) is 0 Å². The average molecular weight is 202 g/mol. The molecule has 2 rings (SSSR count). The van der Waals surface area contributed by atoms with Gasteiger partial charge in [0.2, 0.25) is 0 Å². The van der Waals surface area contributed by atoms with E-state index in [1.165, 1.54) is 27.6 Å². The number of H-pyrrole nitrogens is 1. The minimum Gasteiger partial charge on any atom is -0.361 e. The molecule has 0 saturated carbocycles. The Hall–Kier alpha value is -1.28. The van der Waals surface area contributed by atoms with Gasteiger partial charge in [0.05, 0.1) is 0 Å². The fourth-order valence-electron chi connectivity index (χ4n) is 2.17. The van der Waals surface area contributed by atoms with Crippen molar-refractivity contribution in [2.75, 3.05) is 0 Å². The maximum Gasteiger partial charge on any atom is 0.0486 e. The Bertz CT molecular complexity index is 480. The van der Waals surface area contributed by atoms with Crippen LogP contribution in [0.25, 0.3) is 10.9 Å². The Morgan fingerprint density at radius 3 is 2.73 bits per heavy atom. The van der Waals surface area contributed by atoms with Crippen molar-refractivity contribution in [1.29, 1.82) is 0 Å². The first-order valence-corrected chi connectivity index (χ1v) is 5.40. The number of fused-ring (bicyclic) bond motifs is 1. The molecule has 0 aliphatic rings. The Labute approximate surface area is 90.5 Å². The first kappa shape index (κ1) is 10.2. The normalized spacial score (nSPS) is 13.3. The Kier molecular flexibility index (Phi) is 2.53. The van der Waals surface area contributed by atoms with E-state index < -0.39 is 0 Å². The van der Waals surface area contributed by atoms with Crippen LogP contribution in [-0.2, 0) is 6.42 Å². The molecule has 2 aromatic rings. The number of hydrogen-bond donors (Lipinski definition) is 2. The number of benzene rings is 1. The highest BCUT2D eigenvalue weighted by Gasteiger charge is 2.07. The van der Waals surface area contributed by atoms with E-state index in [1.807, 2.05) is 6.92 Å². The summed E-state index contributed by atoms with van der Waals surface area (Å²) in [5.74, 6) is 0. The van der Waals surface area contributed by atoms with Crippen molar-refractivity contribution in [3.8, 4) is 0 Å². The Morgan fingerprint density at radius 2 is 2.07 bits per heavy atom. The molecule has 0 fully saturated rings. The van der Waals surface area contributed by atoms with Crippen LogP contribution in [0.3, 0.4) is 0 Å². The average Bonchev–Trinajstić information content (AvgIpc) is 2.48. The molecule has 3 N–H and O–H groups in total. The molecule has 80 valence electrons. The van der Waals surface area contributed by atoms with Crippen LogP contribution in [0, 0.1) is 13.8 Å². The van der Waals surface area contributed by atoms with Crippen LogP contribution in [-0.4, -0.2) is 11.0 Å². The van der Waals surface area contributed by atoms with E-state index in [9.17, 15) is 0 Å². The third-order valence-electron chi connectivity index (χ3n) is 2.76. The number of aryl methyl sites for hydroxylation is 2. The minimum absolute atomic E-state index is 0.213. The summed E-state index contributed by atoms with van der Waals surface area (Å²) in [5, 5.41) is 1.32. The zero-order chi connectivity index (χ0) is 11.0. The van der Waals surface area contributed by atoms with Gasteiger partial charge in [-0.05, 0) is 44.4 Å². The molecule has 2 nitrogen and oxygen atoms in total. The summed E-state index contributed by atoms with van der Waals surface area (Å²) in [6.07, 6.45) is 3.02. The van der Waals surface area contributed by atoms with Gasteiger partial charge in [-0.15, -0.1) is 0 Å². The standard InChI is InChI=1S/C13H18N2/c1-8-4-9(2)13-12(5-8)11(7-15-13)6-10(3)14/h4-5,7,10,15H,6,14H2,1-3H3. The van der Waals surface area contributed by atoms with E-state index in [0.717, 1.165) is 6.42 Å². The smallest absolute Gasteiger partial charge is 0.0486 e. The van der Waals surface area contributed by atoms with Crippen molar-refractivity contribution >= 4 is 10.9 Å². The van der Waals surface area contributed by atoms with Crippen molar-refractivity contribution in [3.05, 3.63) is 35.0 Å². The maximum atomic E-state index is 5.84.